The molecule has 2 N–H and O–H groups in total. The lowest BCUT2D eigenvalue weighted by atomic mass is 10.1. The molecule has 0 saturated heterocycles. The topological polar surface area (TPSA) is 44.5 Å². The van der Waals surface area contributed by atoms with Crippen molar-refractivity contribution in [1.29, 1.82) is 0 Å². The summed E-state index contributed by atoms with van der Waals surface area (Å²) in [6, 6.07) is 5.93. The van der Waals surface area contributed by atoms with Gasteiger partial charge in [-0.3, -0.25) is 0 Å². The minimum Gasteiger partial charge on any atom is -0.493 e. The molecule has 0 saturated carbocycles. The highest BCUT2D eigenvalue weighted by Gasteiger charge is 2.06. The summed E-state index contributed by atoms with van der Waals surface area (Å²) in [5, 5.41) is 0. The zero-order valence-electron chi connectivity index (χ0n) is 9.62. The molecule has 0 fully saturated rings. The Morgan fingerprint density at radius 2 is 2.00 bits per heavy atom. The molecule has 0 radical (unpaired) electrons. The second kappa shape index (κ2) is 5.61. The summed E-state index contributed by atoms with van der Waals surface area (Å²) in [6.07, 6.45) is 1.01. The lowest BCUT2D eigenvalue weighted by Crippen LogP contribution is -2.07. The van der Waals surface area contributed by atoms with Crippen LogP contribution in [0.2, 0.25) is 0 Å². The average Bonchev–Trinajstić information content (AvgIpc) is 2.20. The molecule has 15 heavy (non-hydrogen) atoms. The second-order valence-corrected chi connectivity index (χ2v) is 3.69. The standard InChI is InChI=1S/C12H19NO2/c1-9(2)15-11-5-4-10(6-7-13)8-12(11)14-3/h4-5,8-9H,6-7,13H2,1-3H3. The Hall–Kier alpha value is -1.22. The van der Waals surface area contributed by atoms with E-state index in [0.717, 1.165) is 17.9 Å². The molecule has 0 bridgehead atoms. The molecular formula is C12H19NO2. The van der Waals surface area contributed by atoms with Crippen LogP contribution >= 0.6 is 0 Å². The first-order valence-corrected chi connectivity index (χ1v) is 5.21. The quantitative estimate of drug-likeness (QED) is 0.806. The highest BCUT2D eigenvalue weighted by atomic mass is 16.5. The number of rotatable bonds is 5. The summed E-state index contributed by atoms with van der Waals surface area (Å²) in [6.45, 7) is 4.63. The van der Waals surface area contributed by atoms with E-state index < -0.39 is 0 Å². The van der Waals surface area contributed by atoms with Crippen LogP contribution < -0.4 is 15.2 Å². The number of benzene rings is 1. The van der Waals surface area contributed by atoms with Crippen LogP contribution in [-0.4, -0.2) is 19.8 Å². The normalized spacial score (nSPS) is 10.5. The third-order valence-corrected chi connectivity index (χ3v) is 2.02. The maximum absolute atomic E-state index is 5.61. The maximum Gasteiger partial charge on any atom is 0.161 e. The first-order valence-electron chi connectivity index (χ1n) is 5.21. The Morgan fingerprint density at radius 1 is 1.27 bits per heavy atom. The summed E-state index contributed by atoms with van der Waals surface area (Å²) in [5.41, 5.74) is 6.67. The SMILES string of the molecule is COc1cc(CCN)ccc1OC(C)C. The van der Waals surface area contributed by atoms with Crippen LogP contribution in [0.25, 0.3) is 0 Å². The lowest BCUT2D eigenvalue weighted by Gasteiger charge is -2.14. The van der Waals surface area contributed by atoms with Crippen molar-refractivity contribution in [1.82, 2.24) is 0 Å². The molecule has 0 spiro atoms. The second-order valence-electron chi connectivity index (χ2n) is 3.69. The molecule has 84 valence electrons. The summed E-state index contributed by atoms with van der Waals surface area (Å²) in [4.78, 5) is 0. The minimum atomic E-state index is 0.152. The van der Waals surface area contributed by atoms with Gasteiger partial charge in [-0.25, -0.2) is 0 Å². The predicted octanol–water partition coefficient (Wildman–Crippen LogP) is 1.98. The average molecular weight is 209 g/mol. The lowest BCUT2D eigenvalue weighted by molar-refractivity contribution is 0.230. The van der Waals surface area contributed by atoms with Crippen LogP contribution in [0.5, 0.6) is 11.5 Å². The molecule has 0 atom stereocenters. The van der Waals surface area contributed by atoms with Gasteiger partial charge >= 0.3 is 0 Å². The Kier molecular flexibility index (Phi) is 4.43. The molecule has 1 aromatic rings. The number of hydrogen-bond donors (Lipinski definition) is 1. The van der Waals surface area contributed by atoms with Gasteiger partial charge in [0.05, 0.1) is 13.2 Å². The van der Waals surface area contributed by atoms with Gasteiger partial charge in [-0.1, -0.05) is 6.07 Å². The van der Waals surface area contributed by atoms with E-state index >= 15 is 0 Å². The molecule has 0 aromatic heterocycles. The van der Waals surface area contributed by atoms with Gasteiger partial charge in [0.1, 0.15) is 0 Å². The van der Waals surface area contributed by atoms with Gasteiger partial charge in [0, 0.05) is 0 Å². The van der Waals surface area contributed by atoms with Gasteiger partial charge in [0.2, 0.25) is 0 Å². The van der Waals surface area contributed by atoms with Crippen molar-refractivity contribution >= 4 is 0 Å². The highest BCUT2D eigenvalue weighted by molar-refractivity contribution is 5.43. The Labute approximate surface area is 91.2 Å². The van der Waals surface area contributed by atoms with Gasteiger partial charge in [-0.15, -0.1) is 0 Å². The van der Waals surface area contributed by atoms with Crippen LogP contribution in [0.3, 0.4) is 0 Å². The third-order valence-electron chi connectivity index (χ3n) is 2.02. The first kappa shape index (κ1) is 11.9. The van der Waals surface area contributed by atoms with Crippen LogP contribution in [0.15, 0.2) is 18.2 Å². The fourth-order valence-electron chi connectivity index (χ4n) is 1.39. The fourth-order valence-corrected chi connectivity index (χ4v) is 1.39. The minimum absolute atomic E-state index is 0.152. The molecule has 0 aliphatic rings. The first-order chi connectivity index (χ1) is 7.17. The van der Waals surface area contributed by atoms with Crippen molar-refractivity contribution in [3.05, 3.63) is 23.8 Å². The summed E-state index contributed by atoms with van der Waals surface area (Å²) < 4.78 is 10.9. The zero-order chi connectivity index (χ0) is 11.3. The van der Waals surface area contributed by atoms with Crippen molar-refractivity contribution in [3.63, 3.8) is 0 Å². The Bertz CT molecular complexity index is 310. The maximum atomic E-state index is 5.61. The van der Waals surface area contributed by atoms with E-state index in [4.69, 9.17) is 15.2 Å². The zero-order valence-corrected chi connectivity index (χ0v) is 9.62. The molecule has 1 aromatic carbocycles. The van der Waals surface area contributed by atoms with E-state index in [1.54, 1.807) is 7.11 Å². The van der Waals surface area contributed by atoms with Gasteiger partial charge in [-0.2, -0.15) is 0 Å². The van der Waals surface area contributed by atoms with E-state index in [1.165, 1.54) is 5.56 Å². The molecule has 1 rings (SSSR count). The van der Waals surface area contributed by atoms with Gasteiger partial charge in [0.25, 0.3) is 0 Å². The number of nitrogens with two attached hydrogens (primary N) is 1. The van der Waals surface area contributed by atoms with E-state index in [-0.39, 0.29) is 6.10 Å². The molecular weight excluding hydrogens is 190 g/mol. The van der Waals surface area contributed by atoms with Crippen LogP contribution in [-0.2, 0) is 6.42 Å². The van der Waals surface area contributed by atoms with Crippen molar-refractivity contribution in [2.24, 2.45) is 5.73 Å². The molecule has 0 aliphatic heterocycles. The van der Waals surface area contributed by atoms with Crippen LogP contribution in [0.1, 0.15) is 19.4 Å². The van der Waals surface area contributed by atoms with Crippen molar-refractivity contribution in [2.75, 3.05) is 13.7 Å². The molecule has 3 nitrogen and oxygen atoms in total. The van der Waals surface area contributed by atoms with Gasteiger partial charge in [0.15, 0.2) is 11.5 Å². The molecule has 0 amide bonds. The Balaban J connectivity index is 2.88. The fraction of sp³-hybridized carbons (Fsp3) is 0.500. The van der Waals surface area contributed by atoms with Gasteiger partial charge < -0.3 is 15.2 Å². The Morgan fingerprint density at radius 3 is 2.53 bits per heavy atom. The van der Waals surface area contributed by atoms with Crippen molar-refractivity contribution in [3.8, 4) is 11.5 Å². The molecule has 0 unspecified atom stereocenters. The van der Waals surface area contributed by atoms with Gasteiger partial charge in [-0.05, 0) is 44.5 Å². The highest BCUT2D eigenvalue weighted by Crippen LogP contribution is 2.28. The van der Waals surface area contributed by atoms with E-state index in [1.807, 2.05) is 32.0 Å². The molecule has 0 aliphatic carbocycles. The van der Waals surface area contributed by atoms with Crippen molar-refractivity contribution < 1.29 is 9.47 Å². The van der Waals surface area contributed by atoms with E-state index in [9.17, 15) is 0 Å². The largest absolute Gasteiger partial charge is 0.493 e. The predicted molar refractivity (Wildman–Crippen MR) is 61.5 cm³/mol. The smallest absolute Gasteiger partial charge is 0.161 e. The van der Waals surface area contributed by atoms with Crippen LogP contribution in [0, 0.1) is 0 Å². The number of methoxy groups -OCH3 is 1. The summed E-state index contributed by atoms with van der Waals surface area (Å²) in [7, 11) is 1.65. The number of hydrogen-bond acceptors (Lipinski definition) is 3. The summed E-state index contributed by atoms with van der Waals surface area (Å²) >= 11 is 0. The van der Waals surface area contributed by atoms with Crippen LogP contribution in [0.4, 0.5) is 0 Å². The van der Waals surface area contributed by atoms with E-state index in [2.05, 4.69) is 0 Å². The molecule has 0 heterocycles. The monoisotopic (exact) mass is 209 g/mol. The number of ether oxygens (including phenoxy) is 2. The summed E-state index contributed by atoms with van der Waals surface area (Å²) in [5.74, 6) is 1.56. The van der Waals surface area contributed by atoms with E-state index in [0.29, 0.717) is 6.54 Å². The van der Waals surface area contributed by atoms with Crippen molar-refractivity contribution in [2.45, 2.75) is 26.4 Å². The third kappa shape index (κ3) is 3.44. The molecule has 3 heteroatoms.